The second-order valence-electron chi connectivity index (χ2n) is 4.88. The lowest BCUT2D eigenvalue weighted by Crippen LogP contribution is -2.09. The predicted molar refractivity (Wildman–Crippen MR) is 100 cm³/mol. The van der Waals surface area contributed by atoms with Crippen molar-refractivity contribution in [2.75, 3.05) is 60.5 Å². The maximum atomic E-state index is 10.8. The van der Waals surface area contributed by atoms with Crippen LogP contribution in [0.3, 0.4) is 0 Å². The lowest BCUT2D eigenvalue weighted by Gasteiger charge is -2.01. The van der Waals surface area contributed by atoms with E-state index in [1.165, 1.54) is 20.0 Å². The Labute approximate surface area is 156 Å². The van der Waals surface area contributed by atoms with Gasteiger partial charge in [0.05, 0.1) is 52.3 Å². The molecule has 26 heavy (non-hydrogen) atoms. The van der Waals surface area contributed by atoms with Gasteiger partial charge in [-0.3, -0.25) is 0 Å². The molecule has 0 unspecified atom stereocenters. The fourth-order valence-corrected chi connectivity index (χ4v) is 1.43. The van der Waals surface area contributed by atoms with Crippen LogP contribution in [0.25, 0.3) is 0 Å². The third-order valence-corrected chi connectivity index (χ3v) is 2.74. The molecule has 7 heteroatoms. The van der Waals surface area contributed by atoms with Crippen LogP contribution in [0.5, 0.6) is 0 Å². The molecule has 0 amide bonds. The largest absolute Gasteiger partial charge is 0.465 e. The Kier molecular flexibility index (Phi) is 24.1. The SMILES string of the molecule is CCCCOC.COC(=O)c1ccccc1.OCCOCCOCCO. The molecule has 0 fully saturated rings. The number of carbonyl (C=O) groups is 1. The molecule has 0 atom stereocenters. The van der Waals surface area contributed by atoms with E-state index in [-0.39, 0.29) is 19.2 Å². The number of benzene rings is 1. The van der Waals surface area contributed by atoms with Crippen molar-refractivity contribution in [3.05, 3.63) is 35.9 Å². The van der Waals surface area contributed by atoms with Gasteiger partial charge in [-0.05, 0) is 18.6 Å². The fourth-order valence-electron chi connectivity index (χ4n) is 1.43. The van der Waals surface area contributed by atoms with Crippen molar-refractivity contribution in [3.8, 4) is 0 Å². The summed E-state index contributed by atoms with van der Waals surface area (Å²) in [6.45, 7) is 4.79. The maximum Gasteiger partial charge on any atom is 0.337 e. The molecule has 0 aliphatic heterocycles. The third kappa shape index (κ3) is 20.5. The van der Waals surface area contributed by atoms with E-state index in [1.807, 2.05) is 6.07 Å². The number of rotatable bonds is 11. The lowest BCUT2D eigenvalue weighted by atomic mass is 10.2. The van der Waals surface area contributed by atoms with Gasteiger partial charge in [-0.25, -0.2) is 4.79 Å². The number of hydrogen-bond donors (Lipinski definition) is 2. The Morgan fingerprint density at radius 3 is 1.77 bits per heavy atom. The second kappa shape index (κ2) is 23.5. The molecule has 1 aromatic carbocycles. The highest BCUT2D eigenvalue weighted by atomic mass is 16.5. The zero-order valence-electron chi connectivity index (χ0n) is 16.2. The first kappa shape index (κ1) is 26.7. The van der Waals surface area contributed by atoms with Crippen LogP contribution in [0.2, 0.25) is 0 Å². The number of aliphatic hydroxyl groups excluding tert-OH is 2. The first-order valence-electron chi connectivity index (χ1n) is 8.67. The zero-order valence-corrected chi connectivity index (χ0v) is 16.2. The van der Waals surface area contributed by atoms with Crippen molar-refractivity contribution in [1.82, 2.24) is 0 Å². The summed E-state index contributed by atoms with van der Waals surface area (Å²) in [5.74, 6) is -0.291. The molecule has 152 valence electrons. The second-order valence-corrected chi connectivity index (χ2v) is 4.88. The molecule has 1 aromatic rings. The van der Waals surface area contributed by atoms with E-state index in [0.29, 0.717) is 32.0 Å². The van der Waals surface area contributed by atoms with Crippen LogP contribution in [-0.4, -0.2) is 76.7 Å². The van der Waals surface area contributed by atoms with E-state index >= 15 is 0 Å². The van der Waals surface area contributed by atoms with Crippen molar-refractivity contribution in [2.45, 2.75) is 19.8 Å². The van der Waals surface area contributed by atoms with E-state index in [9.17, 15) is 4.79 Å². The minimum absolute atomic E-state index is 0.0417. The van der Waals surface area contributed by atoms with E-state index < -0.39 is 0 Å². The minimum Gasteiger partial charge on any atom is -0.465 e. The monoisotopic (exact) mass is 374 g/mol. The summed E-state index contributed by atoms with van der Waals surface area (Å²) >= 11 is 0. The molecular formula is C19H34O7. The number of esters is 1. The van der Waals surface area contributed by atoms with Crippen LogP contribution in [0.4, 0.5) is 0 Å². The van der Waals surface area contributed by atoms with Crippen LogP contribution in [0, 0.1) is 0 Å². The first-order chi connectivity index (χ1) is 12.7. The first-order valence-corrected chi connectivity index (χ1v) is 8.67. The van der Waals surface area contributed by atoms with Gasteiger partial charge in [0.2, 0.25) is 0 Å². The van der Waals surface area contributed by atoms with Gasteiger partial charge in [0.15, 0.2) is 0 Å². The molecule has 0 aliphatic rings. The number of unbranched alkanes of at least 4 members (excludes halogenated alkanes) is 1. The normalized spacial score (nSPS) is 9.42. The Bertz CT molecular complexity index is 373. The molecule has 0 spiro atoms. The summed E-state index contributed by atoms with van der Waals surface area (Å²) < 4.78 is 19.0. The molecular weight excluding hydrogens is 340 g/mol. The maximum absolute atomic E-state index is 10.8. The highest BCUT2D eigenvalue weighted by Gasteiger charge is 2.00. The molecule has 0 bridgehead atoms. The Morgan fingerprint density at radius 1 is 0.885 bits per heavy atom. The fraction of sp³-hybridized carbons (Fsp3) is 0.632. The molecule has 1 rings (SSSR count). The van der Waals surface area contributed by atoms with Gasteiger partial charge in [0.1, 0.15) is 0 Å². The van der Waals surface area contributed by atoms with Gasteiger partial charge in [0, 0.05) is 13.7 Å². The average molecular weight is 374 g/mol. The smallest absolute Gasteiger partial charge is 0.337 e. The van der Waals surface area contributed by atoms with Crippen molar-refractivity contribution < 1.29 is 34.0 Å². The summed E-state index contributed by atoms with van der Waals surface area (Å²) in [7, 11) is 3.10. The number of hydrogen-bond acceptors (Lipinski definition) is 7. The highest BCUT2D eigenvalue weighted by molar-refractivity contribution is 5.89. The molecule has 2 N–H and O–H groups in total. The van der Waals surface area contributed by atoms with Gasteiger partial charge in [-0.15, -0.1) is 0 Å². The average Bonchev–Trinajstić information content (AvgIpc) is 2.70. The summed E-state index contributed by atoms with van der Waals surface area (Å²) in [5.41, 5.74) is 0.588. The van der Waals surface area contributed by atoms with E-state index in [0.717, 1.165) is 6.61 Å². The third-order valence-electron chi connectivity index (χ3n) is 2.74. The van der Waals surface area contributed by atoms with Crippen LogP contribution in [-0.2, 0) is 18.9 Å². The van der Waals surface area contributed by atoms with Crippen molar-refractivity contribution in [1.29, 1.82) is 0 Å². The molecule has 7 nitrogen and oxygen atoms in total. The topological polar surface area (TPSA) is 94.5 Å². The predicted octanol–water partition coefficient (Wildman–Crippen LogP) is 1.91. The van der Waals surface area contributed by atoms with Crippen LogP contribution < -0.4 is 0 Å². The number of aliphatic hydroxyl groups is 2. The quantitative estimate of drug-likeness (QED) is 0.451. The van der Waals surface area contributed by atoms with Crippen molar-refractivity contribution in [3.63, 3.8) is 0 Å². The van der Waals surface area contributed by atoms with E-state index in [1.54, 1.807) is 31.4 Å². The van der Waals surface area contributed by atoms with Gasteiger partial charge < -0.3 is 29.2 Å². The molecule has 0 saturated heterocycles. The number of carbonyl (C=O) groups excluding carboxylic acids is 1. The highest BCUT2D eigenvalue weighted by Crippen LogP contribution is 1.98. The number of ether oxygens (including phenoxy) is 4. The Morgan fingerprint density at radius 2 is 1.42 bits per heavy atom. The van der Waals surface area contributed by atoms with Gasteiger partial charge in [-0.2, -0.15) is 0 Å². The zero-order chi connectivity index (χ0) is 19.9. The summed E-state index contributed by atoms with van der Waals surface area (Å²) in [4.78, 5) is 10.8. The van der Waals surface area contributed by atoms with Crippen molar-refractivity contribution >= 4 is 5.97 Å². The minimum atomic E-state index is -0.291. The standard InChI is InChI=1S/C8H8O2.C6H14O4.C5H12O/c1-10-8(9)7-5-3-2-4-6-7;7-1-3-9-5-6-10-4-2-8;1-3-4-5-6-2/h2-6H,1H3;7-8H,1-6H2;3-5H2,1-2H3. The molecule has 0 aliphatic carbocycles. The van der Waals surface area contributed by atoms with Gasteiger partial charge >= 0.3 is 5.97 Å². The van der Waals surface area contributed by atoms with Crippen molar-refractivity contribution in [2.24, 2.45) is 0 Å². The lowest BCUT2D eigenvalue weighted by molar-refractivity contribution is 0.0222. The van der Waals surface area contributed by atoms with Crippen LogP contribution in [0.15, 0.2) is 30.3 Å². The van der Waals surface area contributed by atoms with Gasteiger partial charge in [0.25, 0.3) is 0 Å². The Balaban J connectivity index is 0. The van der Waals surface area contributed by atoms with E-state index in [2.05, 4.69) is 11.7 Å². The summed E-state index contributed by atoms with van der Waals surface area (Å²) in [6.07, 6.45) is 2.42. The molecule has 0 saturated carbocycles. The molecule has 0 radical (unpaired) electrons. The molecule has 0 aromatic heterocycles. The Hall–Kier alpha value is -1.51. The van der Waals surface area contributed by atoms with Crippen LogP contribution in [0.1, 0.15) is 30.1 Å². The summed E-state index contributed by atoms with van der Waals surface area (Å²) in [5, 5.41) is 16.5. The van der Waals surface area contributed by atoms with E-state index in [4.69, 9.17) is 24.4 Å². The summed E-state index contributed by atoms with van der Waals surface area (Å²) in [6, 6.07) is 8.88. The molecule has 0 heterocycles. The van der Waals surface area contributed by atoms with Crippen LogP contribution >= 0.6 is 0 Å². The number of methoxy groups -OCH3 is 2. The van der Waals surface area contributed by atoms with Gasteiger partial charge in [-0.1, -0.05) is 31.5 Å².